The van der Waals surface area contributed by atoms with E-state index >= 15 is 0 Å². The molecule has 0 bridgehead atoms. The number of carbonyl (C=O) groups is 2. The number of aliphatic carboxylic acids is 1. The van der Waals surface area contributed by atoms with E-state index in [1.807, 2.05) is 0 Å². The summed E-state index contributed by atoms with van der Waals surface area (Å²) in [5.41, 5.74) is 0. The normalized spacial score (nSPS) is 12.1. The molecule has 5 nitrogen and oxygen atoms in total. The van der Waals surface area contributed by atoms with Crippen molar-refractivity contribution in [2.75, 3.05) is 13.1 Å². The van der Waals surface area contributed by atoms with Crippen molar-refractivity contribution in [1.82, 2.24) is 4.90 Å². The first-order valence-electron chi connectivity index (χ1n) is 10.6. The topological polar surface area (TPSA) is 77.8 Å². The number of carboxylic acid groups (broad SMARTS) is 1. The van der Waals surface area contributed by atoms with Gasteiger partial charge in [-0.2, -0.15) is 0 Å². The van der Waals surface area contributed by atoms with E-state index in [1.165, 1.54) is 69.1 Å². The van der Waals surface area contributed by atoms with Crippen molar-refractivity contribution < 1.29 is 19.8 Å². The van der Waals surface area contributed by atoms with Crippen molar-refractivity contribution in [2.45, 2.75) is 110 Å². The number of hydrogen-bond donors (Lipinski definition) is 2. The van der Waals surface area contributed by atoms with Crippen molar-refractivity contribution in [2.24, 2.45) is 0 Å². The third-order valence-electron chi connectivity index (χ3n) is 4.66. The molecule has 0 fully saturated rings. The summed E-state index contributed by atoms with van der Waals surface area (Å²) in [6.07, 6.45) is 16.0. The Labute approximate surface area is 160 Å². The second-order valence-corrected chi connectivity index (χ2v) is 7.51. The van der Waals surface area contributed by atoms with Crippen LogP contribution in [0.15, 0.2) is 0 Å². The summed E-state index contributed by atoms with van der Waals surface area (Å²) in [6, 6.07) is 0. The van der Waals surface area contributed by atoms with Gasteiger partial charge in [0.2, 0.25) is 5.91 Å². The van der Waals surface area contributed by atoms with Gasteiger partial charge in [0.05, 0.1) is 6.10 Å². The van der Waals surface area contributed by atoms with Crippen molar-refractivity contribution in [1.29, 1.82) is 0 Å². The van der Waals surface area contributed by atoms with Gasteiger partial charge in [0.25, 0.3) is 0 Å². The molecule has 0 aromatic rings. The van der Waals surface area contributed by atoms with Crippen LogP contribution < -0.4 is 0 Å². The Kier molecular flexibility index (Phi) is 16.6. The average Bonchev–Trinajstić information content (AvgIpc) is 2.57. The molecular weight excluding hydrogens is 330 g/mol. The molecule has 0 aromatic carbocycles. The number of hydrogen-bond acceptors (Lipinski definition) is 3. The third kappa shape index (κ3) is 16.4. The number of carboxylic acids is 1. The van der Waals surface area contributed by atoms with Crippen molar-refractivity contribution in [3.63, 3.8) is 0 Å². The molecule has 0 aromatic heterocycles. The van der Waals surface area contributed by atoms with Gasteiger partial charge in [0, 0.05) is 13.0 Å². The first-order chi connectivity index (χ1) is 12.5. The lowest BCUT2D eigenvalue weighted by atomic mass is 10.0. The lowest BCUT2D eigenvalue weighted by Crippen LogP contribution is -2.40. The van der Waals surface area contributed by atoms with Crippen LogP contribution in [0.2, 0.25) is 0 Å². The van der Waals surface area contributed by atoms with Gasteiger partial charge in [-0.3, -0.25) is 9.59 Å². The number of aliphatic hydroxyl groups excluding tert-OH is 1. The minimum Gasteiger partial charge on any atom is -0.480 e. The summed E-state index contributed by atoms with van der Waals surface area (Å²) in [6.45, 7) is 3.57. The fourth-order valence-electron chi connectivity index (χ4n) is 3.19. The zero-order valence-corrected chi connectivity index (χ0v) is 17.0. The molecule has 0 saturated carbocycles. The van der Waals surface area contributed by atoms with Crippen LogP contribution in [0.1, 0.15) is 104 Å². The molecule has 5 heteroatoms. The monoisotopic (exact) mass is 371 g/mol. The third-order valence-corrected chi connectivity index (χ3v) is 4.66. The van der Waals surface area contributed by atoms with Crippen LogP contribution in [-0.4, -0.2) is 46.2 Å². The van der Waals surface area contributed by atoms with Crippen LogP contribution in [0, 0.1) is 0 Å². The number of amides is 1. The zero-order valence-electron chi connectivity index (χ0n) is 17.0. The first kappa shape index (κ1) is 24.9. The van der Waals surface area contributed by atoms with E-state index in [4.69, 9.17) is 5.11 Å². The molecule has 26 heavy (non-hydrogen) atoms. The van der Waals surface area contributed by atoms with Gasteiger partial charge in [-0.15, -0.1) is 0 Å². The van der Waals surface area contributed by atoms with E-state index in [-0.39, 0.29) is 19.0 Å². The van der Waals surface area contributed by atoms with Gasteiger partial charge in [-0.25, -0.2) is 0 Å². The Morgan fingerprint density at radius 1 is 0.808 bits per heavy atom. The average molecular weight is 372 g/mol. The molecule has 1 unspecified atom stereocenters. The molecule has 0 saturated heterocycles. The number of nitrogens with zero attached hydrogens (tertiary/aromatic N) is 1. The maximum Gasteiger partial charge on any atom is 0.323 e. The predicted octanol–water partition coefficient (Wildman–Crippen LogP) is 4.76. The highest BCUT2D eigenvalue weighted by Gasteiger charge is 2.17. The summed E-state index contributed by atoms with van der Waals surface area (Å²) >= 11 is 0. The minimum absolute atomic E-state index is 0.0869. The Morgan fingerprint density at radius 3 is 1.62 bits per heavy atom. The number of rotatable bonds is 18. The smallest absolute Gasteiger partial charge is 0.323 e. The van der Waals surface area contributed by atoms with E-state index in [9.17, 15) is 14.7 Å². The quantitative estimate of drug-likeness (QED) is 0.340. The van der Waals surface area contributed by atoms with Crippen molar-refractivity contribution in [3.05, 3.63) is 0 Å². The Morgan fingerprint density at radius 2 is 1.23 bits per heavy atom. The Hall–Kier alpha value is -1.10. The van der Waals surface area contributed by atoms with Crippen molar-refractivity contribution >= 4 is 11.9 Å². The fraction of sp³-hybridized carbons (Fsp3) is 0.905. The molecule has 0 radical (unpaired) electrons. The van der Waals surface area contributed by atoms with Gasteiger partial charge >= 0.3 is 5.97 Å². The maximum absolute atomic E-state index is 12.1. The highest BCUT2D eigenvalue weighted by Crippen LogP contribution is 2.13. The molecule has 0 heterocycles. The molecule has 0 aliphatic rings. The lowest BCUT2D eigenvalue weighted by Gasteiger charge is -2.22. The van der Waals surface area contributed by atoms with Crippen LogP contribution >= 0.6 is 0 Å². The number of carbonyl (C=O) groups excluding carboxylic acids is 1. The molecule has 0 aliphatic heterocycles. The summed E-state index contributed by atoms with van der Waals surface area (Å²) < 4.78 is 0. The Balaban J connectivity index is 3.55. The molecular formula is C21H41NO4. The van der Waals surface area contributed by atoms with Gasteiger partial charge in [0.1, 0.15) is 6.54 Å². The summed E-state index contributed by atoms with van der Waals surface area (Å²) in [4.78, 5) is 24.1. The summed E-state index contributed by atoms with van der Waals surface area (Å²) in [5, 5.41) is 18.2. The molecule has 0 rings (SSSR count). The number of aliphatic hydroxyl groups is 1. The van der Waals surface area contributed by atoms with Gasteiger partial charge in [-0.05, 0) is 13.3 Å². The van der Waals surface area contributed by atoms with Crippen LogP contribution in [0.25, 0.3) is 0 Å². The molecule has 154 valence electrons. The molecule has 1 amide bonds. The van der Waals surface area contributed by atoms with E-state index in [0.29, 0.717) is 6.42 Å². The molecule has 0 aliphatic carbocycles. The van der Waals surface area contributed by atoms with Crippen LogP contribution in [0.4, 0.5) is 0 Å². The van der Waals surface area contributed by atoms with Crippen LogP contribution in [0.5, 0.6) is 0 Å². The predicted molar refractivity (Wildman–Crippen MR) is 106 cm³/mol. The summed E-state index contributed by atoms with van der Waals surface area (Å²) in [7, 11) is 0. The zero-order chi connectivity index (χ0) is 19.6. The van der Waals surface area contributed by atoms with E-state index in [1.54, 1.807) is 6.92 Å². The lowest BCUT2D eigenvalue weighted by molar-refractivity contribution is -0.145. The van der Waals surface area contributed by atoms with E-state index in [2.05, 4.69) is 6.92 Å². The fourth-order valence-corrected chi connectivity index (χ4v) is 3.19. The van der Waals surface area contributed by atoms with E-state index in [0.717, 1.165) is 19.3 Å². The van der Waals surface area contributed by atoms with Gasteiger partial charge in [-0.1, -0.05) is 84.0 Å². The van der Waals surface area contributed by atoms with Crippen molar-refractivity contribution in [3.8, 4) is 0 Å². The van der Waals surface area contributed by atoms with Gasteiger partial charge < -0.3 is 15.1 Å². The maximum atomic E-state index is 12.1. The minimum atomic E-state index is -1.04. The van der Waals surface area contributed by atoms with Crippen LogP contribution in [-0.2, 0) is 9.59 Å². The highest BCUT2D eigenvalue weighted by atomic mass is 16.4. The second kappa shape index (κ2) is 17.3. The first-order valence-corrected chi connectivity index (χ1v) is 10.6. The molecule has 0 spiro atoms. The Bertz CT molecular complexity index is 358. The highest BCUT2D eigenvalue weighted by molar-refractivity contribution is 5.81. The SMILES string of the molecule is CCCCCCCCCCCCCCCC(=O)N(CC(=O)O)CC(C)O. The largest absolute Gasteiger partial charge is 0.480 e. The summed E-state index contributed by atoms with van der Waals surface area (Å²) in [5.74, 6) is -1.21. The van der Waals surface area contributed by atoms with E-state index < -0.39 is 12.1 Å². The standard InChI is InChI=1S/C21H41NO4/c1-3-4-5-6-7-8-9-10-11-12-13-14-15-16-20(24)22(17-19(2)23)18-21(25)26/h19,23H,3-18H2,1-2H3,(H,25,26). The van der Waals surface area contributed by atoms with Crippen LogP contribution in [0.3, 0.4) is 0 Å². The van der Waals surface area contributed by atoms with Gasteiger partial charge in [0.15, 0.2) is 0 Å². The molecule has 2 N–H and O–H groups in total. The second-order valence-electron chi connectivity index (χ2n) is 7.51. The number of unbranched alkanes of at least 4 members (excludes halogenated alkanes) is 12. The molecule has 1 atom stereocenters.